The number of benzene rings is 2. The van der Waals surface area contributed by atoms with Gasteiger partial charge in [0.15, 0.2) is 0 Å². The van der Waals surface area contributed by atoms with Gasteiger partial charge in [-0.2, -0.15) is 0 Å². The molecule has 2 rings (SSSR count). The molecule has 27 heavy (non-hydrogen) atoms. The molecule has 1 atom stereocenters. The summed E-state index contributed by atoms with van der Waals surface area (Å²) in [4.78, 5) is 12.6. The summed E-state index contributed by atoms with van der Waals surface area (Å²) in [7, 11) is -0.544. The minimum Gasteiger partial charge on any atom is -0.346 e. The van der Waals surface area contributed by atoms with E-state index in [-0.39, 0.29) is 16.8 Å². The minimum absolute atomic E-state index is 0.143. The summed E-state index contributed by atoms with van der Waals surface area (Å²) in [6, 6.07) is 14.1. The molecule has 0 radical (unpaired) electrons. The number of nitrogens with one attached hydrogen (secondary N) is 1. The zero-order valence-electron chi connectivity index (χ0n) is 16.6. The summed E-state index contributed by atoms with van der Waals surface area (Å²) in [6.07, 6.45) is 1.03. The molecule has 2 aromatic rings. The number of carbonyl (C=O) groups excluding carboxylic acids is 1. The summed E-state index contributed by atoms with van der Waals surface area (Å²) in [5.41, 5.74) is 2.74. The third kappa shape index (κ3) is 5.40. The average Bonchev–Trinajstić information content (AvgIpc) is 2.61. The molecule has 5 nitrogen and oxygen atoms in total. The van der Waals surface area contributed by atoms with Crippen LogP contribution in [0.25, 0.3) is 0 Å². The smallest absolute Gasteiger partial charge is 0.251 e. The van der Waals surface area contributed by atoms with E-state index >= 15 is 0 Å². The van der Waals surface area contributed by atoms with Crippen molar-refractivity contribution in [2.45, 2.75) is 38.1 Å². The Kier molecular flexibility index (Phi) is 6.78. The highest BCUT2D eigenvalue weighted by Crippen LogP contribution is 2.17. The molecule has 2 aromatic carbocycles. The molecule has 6 heteroatoms. The van der Waals surface area contributed by atoms with Crippen LogP contribution in [0.5, 0.6) is 0 Å². The lowest BCUT2D eigenvalue weighted by molar-refractivity contribution is 0.0940. The molecular weight excluding hydrogens is 360 g/mol. The number of hydrogen-bond acceptors (Lipinski definition) is 3. The van der Waals surface area contributed by atoms with Crippen LogP contribution in [-0.2, 0) is 16.4 Å². The van der Waals surface area contributed by atoms with Crippen molar-refractivity contribution in [3.05, 3.63) is 65.2 Å². The predicted octanol–water partition coefficient (Wildman–Crippen LogP) is 3.63. The Hall–Kier alpha value is -2.18. The van der Waals surface area contributed by atoms with Crippen LogP contribution in [0.15, 0.2) is 53.4 Å². The van der Waals surface area contributed by atoms with Crippen molar-refractivity contribution in [2.24, 2.45) is 5.92 Å². The van der Waals surface area contributed by atoms with Crippen molar-refractivity contribution in [3.63, 3.8) is 0 Å². The van der Waals surface area contributed by atoms with Gasteiger partial charge in [0.25, 0.3) is 5.91 Å². The van der Waals surface area contributed by atoms with Crippen molar-refractivity contribution >= 4 is 15.9 Å². The van der Waals surface area contributed by atoms with Crippen molar-refractivity contribution in [2.75, 3.05) is 14.1 Å². The highest BCUT2D eigenvalue weighted by Gasteiger charge is 2.18. The number of nitrogens with zero attached hydrogens (tertiary/aromatic N) is 1. The number of amides is 1. The second-order valence-electron chi connectivity index (χ2n) is 7.35. The van der Waals surface area contributed by atoms with E-state index in [1.165, 1.54) is 43.9 Å². The Morgan fingerprint density at radius 1 is 0.963 bits per heavy atom. The van der Waals surface area contributed by atoms with Gasteiger partial charge in [0.1, 0.15) is 0 Å². The second-order valence-corrected chi connectivity index (χ2v) is 9.50. The highest BCUT2D eigenvalue weighted by molar-refractivity contribution is 7.89. The van der Waals surface area contributed by atoms with Gasteiger partial charge in [0.2, 0.25) is 10.0 Å². The van der Waals surface area contributed by atoms with Crippen molar-refractivity contribution in [1.82, 2.24) is 9.62 Å². The van der Waals surface area contributed by atoms with Crippen LogP contribution in [-0.4, -0.2) is 32.7 Å². The first-order valence-corrected chi connectivity index (χ1v) is 10.5. The lowest BCUT2D eigenvalue weighted by Crippen LogP contribution is -2.27. The Labute approximate surface area is 162 Å². The van der Waals surface area contributed by atoms with Gasteiger partial charge in [-0.05, 0) is 54.7 Å². The predicted molar refractivity (Wildman–Crippen MR) is 108 cm³/mol. The molecular formula is C21H28N2O3S. The number of rotatable bonds is 7. The minimum atomic E-state index is -3.50. The Balaban J connectivity index is 2.06. The topological polar surface area (TPSA) is 66.5 Å². The van der Waals surface area contributed by atoms with Crippen LogP contribution < -0.4 is 5.32 Å². The first kappa shape index (κ1) is 21.1. The van der Waals surface area contributed by atoms with Gasteiger partial charge >= 0.3 is 0 Å². The van der Waals surface area contributed by atoms with Crippen molar-refractivity contribution in [3.8, 4) is 0 Å². The van der Waals surface area contributed by atoms with Crippen molar-refractivity contribution in [1.29, 1.82) is 0 Å². The maximum Gasteiger partial charge on any atom is 0.251 e. The Morgan fingerprint density at radius 2 is 1.52 bits per heavy atom. The van der Waals surface area contributed by atoms with Crippen LogP contribution in [0.3, 0.4) is 0 Å². The highest BCUT2D eigenvalue weighted by atomic mass is 32.2. The summed E-state index contributed by atoms with van der Waals surface area (Å²) in [5, 5.41) is 2.95. The van der Waals surface area contributed by atoms with Crippen LogP contribution >= 0.6 is 0 Å². The lowest BCUT2D eigenvalue weighted by atomic mass is 10.00. The fraction of sp³-hybridized carbons (Fsp3) is 0.381. The second kappa shape index (κ2) is 8.67. The van der Waals surface area contributed by atoms with Crippen LogP contribution in [0.4, 0.5) is 0 Å². The maximum atomic E-state index is 12.5. The maximum absolute atomic E-state index is 12.5. The van der Waals surface area contributed by atoms with Gasteiger partial charge in [-0.15, -0.1) is 0 Å². The SMILES string of the molecule is CC(C)Cc1ccc([C@@H](C)NC(=O)c2ccc(S(=O)(=O)N(C)C)cc2)cc1. The van der Waals surface area contributed by atoms with E-state index in [1.54, 1.807) is 0 Å². The normalized spacial score (nSPS) is 13.0. The quantitative estimate of drug-likeness (QED) is 0.788. The van der Waals surface area contributed by atoms with Gasteiger partial charge in [-0.1, -0.05) is 38.1 Å². The third-order valence-electron chi connectivity index (χ3n) is 4.37. The molecule has 0 aromatic heterocycles. The molecule has 1 amide bonds. The van der Waals surface area contributed by atoms with E-state index in [2.05, 4.69) is 31.3 Å². The van der Waals surface area contributed by atoms with Gasteiger partial charge in [0, 0.05) is 19.7 Å². The van der Waals surface area contributed by atoms with Gasteiger partial charge < -0.3 is 5.32 Å². The largest absolute Gasteiger partial charge is 0.346 e. The summed E-state index contributed by atoms with van der Waals surface area (Å²) >= 11 is 0. The summed E-state index contributed by atoms with van der Waals surface area (Å²) in [6.45, 7) is 6.30. The molecule has 0 aliphatic rings. The molecule has 0 aliphatic heterocycles. The van der Waals surface area contributed by atoms with Crippen LogP contribution in [0.2, 0.25) is 0 Å². The Bertz CT molecular complexity index is 871. The zero-order chi connectivity index (χ0) is 20.2. The molecule has 0 bridgehead atoms. The van der Waals surface area contributed by atoms with Gasteiger partial charge in [-0.3, -0.25) is 4.79 Å². The van der Waals surface area contributed by atoms with E-state index in [0.29, 0.717) is 11.5 Å². The van der Waals surface area contributed by atoms with E-state index in [4.69, 9.17) is 0 Å². The molecule has 0 spiro atoms. The van der Waals surface area contributed by atoms with E-state index in [1.807, 2.05) is 19.1 Å². The standard InChI is InChI=1S/C21H28N2O3S/c1-15(2)14-17-6-8-18(9-7-17)16(3)22-21(24)19-10-12-20(13-11-19)27(25,26)23(4)5/h6-13,15-16H,14H2,1-5H3,(H,22,24)/t16-/m1/s1. The third-order valence-corrected chi connectivity index (χ3v) is 6.20. The number of hydrogen-bond donors (Lipinski definition) is 1. The van der Waals surface area contributed by atoms with Crippen LogP contribution in [0, 0.1) is 5.92 Å². The average molecular weight is 389 g/mol. The molecule has 146 valence electrons. The van der Waals surface area contributed by atoms with E-state index in [0.717, 1.165) is 16.3 Å². The monoisotopic (exact) mass is 388 g/mol. The molecule has 0 aliphatic carbocycles. The Morgan fingerprint density at radius 3 is 2.00 bits per heavy atom. The zero-order valence-corrected chi connectivity index (χ0v) is 17.4. The van der Waals surface area contributed by atoms with Gasteiger partial charge in [-0.25, -0.2) is 12.7 Å². The lowest BCUT2D eigenvalue weighted by Gasteiger charge is -2.16. The number of carbonyl (C=O) groups is 1. The molecule has 0 saturated carbocycles. The van der Waals surface area contributed by atoms with Crippen molar-refractivity contribution < 1.29 is 13.2 Å². The summed E-state index contributed by atoms with van der Waals surface area (Å²) in [5.74, 6) is 0.370. The number of sulfonamides is 1. The molecule has 0 fully saturated rings. The first-order chi connectivity index (χ1) is 12.6. The molecule has 0 heterocycles. The first-order valence-electron chi connectivity index (χ1n) is 9.03. The summed E-state index contributed by atoms with van der Waals surface area (Å²) < 4.78 is 25.3. The van der Waals surface area contributed by atoms with Gasteiger partial charge in [0.05, 0.1) is 10.9 Å². The fourth-order valence-corrected chi connectivity index (χ4v) is 3.67. The molecule has 0 unspecified atom stereocenters. The van der Waals surface area contributed by atoms with E-state index in [9.17, 15) is 13.2 Å². The van der Waals surface area contributed by atoms with Crippen LogP contribution in [0.1, 0.15) is 48.3 Å². The molecule has 0 saturated heterocycles. The fourth-order valence-electron chi connectivity index (χ4n) is 2.77. The van der Waals surface area contributed by atoms with E-state index < -0.39 is 10.0 Å². The molecule has 1 N–H and O–H groups in total.